The molecule has 0 aromatic heterocycles. The van der Waals surface area contributed by atoms with E-state index in [-0.39, 0.29) is 5.69 Å². The molecule has 0 unspecified atom stereocenters. The summed E-state index contributed by atoms with van der Waals surface area (Å²) < 4.78 is 0. The lowest BCUT2D eigenvalue weighted by Gasteiger charge is -2.10. The Morgan fingerprint density at radius 1 is 0.833 bits per heavy atom. The molecule has 0 spiro atoms. The van der Waals surface area contributed by atoms with Gasteiger partial charge in [0, 0.05) is 11.3 Å². The third-order valence-electron chi connectivity index (χ3n) is 2.70. The van der Waals surface area contributed by atoms with Crippen LogP contribution in [0.4, 0.5) is 28.4 Å². The Balaban J connectivity index is 2.59. The minimum atomic E-state index is 0.271. The Morgan fingerprint density at radius 2 is 1.44 bits per heavy atom. The zero-order chi connectivity index (χ0) is 13.3. The van der Waals surface area contributed by atoms with Crippen molar-refractivity contribution in [2.45, 2.75) is 0 Å². The molecule has 18 heavy (non-hydrogen) atoms. The van der Waals surface area contributed by atoms with Gasteiger partial charge in [0.05, 0.1) is 17.1 Å². The lowest BCUT2D eigenvalue weighted by molar-refractivity contribution is 1.49. The standard InChI is InChI=1S/C12H13N5O/c13-9-5-7(17-18)1-2-8(9)6-3-10(14)12(16)11(15)4-6/h1-5H,13-16H2. The maximum Gasteiger partial charge on any atom is 0.110 e. The first-order valence-corrected chi connectivity index (χ1v) is 5.20. The van der Waals surface area contributed by atoms with Crippen LogP contribution in [-0.2, 0) is 0 Å². The molecule has 6 nitrogen and oxygen atoms in total. The Morgan fingerprint density at radius 3 is 1.94 bits per heavy atom. The Hall–Kier alpha value is -2.76. The monoisotopic (exact) mass is 243 g/mol. The maximum atomic E-state index is 10.4. The van der Waals surface area contributed by atoms with Gasteiger partial charge in [0.1, 0.15) is 5.69 Å². The fourth-order valence-electron chi connectivity index (χ4n) is 1.72. The number of rotatable bonds is 2. The Bertz CT molecular complexity index is 601. The number of anilines is 4. The molecule has 6 heteroatoms. The zero-order valence-electron chi connectivity index (χ0n) is 9.55. The minimum absolute atomic E-state index is 0.271. The van der Waals surface area contributed by atoms with Crippen LogP contribution >= 0.6 is 0 Å². The summed E-state index contributed by atoms with van der Waals surface area (Å²) in [5.74, 6) is 0. The van der Waals surface area contributed by atoms with E-state index in [0.29, 0.717) is 22.7 Å². The first kappa shape index (κ1) is 11.7. The molecule has 92 valence electrons. The number of benzene rings is 2. The molecule has 2 rings (SSSR count). The molecule has 0 saturated heterocycles. The van der Waals surface area contributed by atoms with E-state index in [2.05, 4.69) is 5.18 Å². The summed E-state index contributed by atoms with van der Waals surface area (Å²) >= 11 is 0. The zero-order valence-corrected chi connectivity index (χ0v) is 9.55. The van der Waals surface area contributed by atoms with Crippen molar-refractivity contribution in [2.75, 3.05) is 22.9 Å². The van der Waals surface area contributed by atoms with Gasteiger partial charge in [-0.05, 0) is 35.0 Å². The summed E-state index contributed by atoms with van der Waals surface area (Å²) in [6.07, 6.45) is 0. The second-order valence-electron chi connectivity index (χ2n) is 3.93. The third kappa shape index (κ3) is 1.91. The average Bonchev–Trinajstić information content (AvgIpc) is 2.35. The van der Waals surface area contributed by atoms with E-state index >= 15 is 0 Å². The highest BCUT2D eigenvalue weighted by Crippen LogP contribution is 2.34. The number of hydrogen-bond donors (Lipinski definition) is 4. The van der Waals surface area contributed by atoms with Crippen LogP contribution in [0.3, 0.4) is 0 Å². The summed E-state index contributed by atoms with van der Waals surface area (Å²) in [7, 11) is 0. The van der Waals surface area contributed by atoms with Gasteiger partial charge in [-0.3, -0.25) is 0 Å². The first-order chi connectivity index (χ1) is 8.52. The highest BCUT2D eigenvalue weighted by molar-refractivity contribution is 5.88. The van der Waals surface area contributed by atoms with Crippen molar-refractivity contribution in [3.05, 3.63) is 35.2 Å². The topological polar surface area (TPSA) is 134 Å². The summed E-state index contributed by atoms with van der Waals surface area (Å²) in [5, 5.41) is 2.82. The minimum Gasteiger partial charge on any atom is -0.398 e. The van der Waals surface area contributed by atoms with Crippen LogP contribution in [0.25, 0.3) is 11.1 Å². The van der Waals surface area contributed by atoms with Crippen molar-refractivity contribution in [2.24, 2.45) is 5.18 Å². The molecular formula is C12H13N5O. The van der Waals surface area contributed by atoms with E-state index in [1.54, 1.807) is 24.3 Å². The van der Waals surface area contributed by atoms with E-state index in [9.17, 15) is 4.91 Å². The molecule has 0 bridgehead atoms. The Kier molecular flexibility index (Phi) is 2.77. The summed E-state index contributed by atoms with van der Waals surface area (Å²) in [4.78, 5) is 10.4. The molecule has 0 amide bonds. The smallest absolute Gasteiger partial charge is 0.110 e. The van der Waals surface area contributed by atoms with Crippen molar-refractivity contribution in [3.8, 4) is 11.1 Å². The number of nitrogen functional groups attached to an aromatic ring is 4. The number of nitrogens with zero attached hydrogens (tertiary/aromatic N) is 1. The third-order valence-corrected chi connectivity index (χ3v) is 2.70. The predicted octanol–water partition coefficient (Wildman–Crippen LogP) is 2.08. The molecule has 2 aromatic carbocycles. The van der Waals surface area contributed by atoms with Gasteiger partial charge in [-0.2, -0.15) is 0 Å². The van der Waals surface area contributed by atoms with E-state index in [4.69, 9.17) is 22.9 Å². The van der Waals surface area contributed by atoms with Gasteiger partial charge in [-0.25, -0.2) is 0 Å². The van der Waals surface area contributed by atoms with Crippen molar-refractivity contribution < 1.29 is 0 Å². The van der Waals surface area contributed by atoms with Gasteiger partial charge in [0.2, 0.25) is 0 Å². The molecule has 0 fully saturated rings. The lowest BCUT2D eigenvalue weighted by Crippen LogP contribution is -2.01. The normalized spacial score (nSPS) is 10.2. The fraction of sp³-hybridized carbons (Fsp3) is 0. The van der Waals surface area contributed by atoms with Gasteiger partial charge in [0.25, 0.3) is 0 Å². The molecule has 0 radical (unpaired) electrons. The van der Waals surface area contributed by atoms with Gasteiger partial charge < -0.3 is 22.9 Å². The molecule has 2 aromatic rings. The molecule has 0 saturated carbocycles. The van der Waals surface area contributed by atoms with Crippen LogP contribution in [0.5, 0.6) is 0 Å². The highest BCUT2D eigenvalue weighted by atomic mass is 16.3. The quantitative estimate of drug-likeness (QED) is 0.473. The van der Waals surface area contributed by atoms with E-state index in [1.165, 1.54) is 6.07 Å². The molecular weight excluding hydrogens is 230 g/mol. The van der Waals surface area contributed by atoms with Crippen LogP contribution < -0.4 is 22.9 Å². The first-order valence-electron chi connectivity index (χ1n) is 5.20. The summed E-state index contributed by atoms with van der Waals surface area (Å²) in [6, 6.07) is 8.12. The van der Waals surface area contributed by atoms with Gasteiger partial charge in [-0.1, -0.05) is 6.07 Å². The second-order valence-corrected chi connectivity index (χ2v) is 3.93. The molecule has 0 aliphatic rings. The van der Waals surface area contributed by atoms with Crippen LogP contribution in [-0.4, -0.2) is 0 Å². The van der Waals surface area contributed by atoms with Crippen molar-refractivity contribution in [1.29, 1.82) is 0 Å². The number of nitroso groups, excluding NO2 is 1. The maximum absolute atomic E-state index is 10.4. The summed E-state index contributed by atoms with van der Waals surface area (Å²) in [5.41, 5.74) is 26.3. The van der Waals surface area contributed by atoms with Gasteiger partial charge in [0.15, 0.2) is 0 Å². The van der Waals surface area contributed by atoms with Crippen LogP contribution in [0, 0.1) is 4.91 Å². The van der Waals surface area contributed by atoms with Crippen molar-refractivity contribution in [3.63, 3.8) is 0 Å². The van der Waals surface area contributed by atoms with Crippen molar-refractivity contribution in [1.82, 2.24) is 0 Å². The van der Waals surface area contributed by atoms with Crippen LogP contribution in [0.15, 0.2) is 35.5 Å². The van der Waals surface area contributed by atoms with E-state index in [0.717, 1.165) is 11.1 Å². The SMILES string of the molecule is Nc1cc(N=O)ccc1-c1cc(N)c(N)c(N)c1. The molecule has 0 heterocycles. The van der Waals surface area contributed by atoms with Crippen LogP contribution in [0.2, 0.25) is 0 Å². The fourth-order valence-corrected chi connectivity index (χ4v) is 1.72. The molecule has 8 N–H and O–H groups in total. The van der Waals surface area contributed by atoms with Gasteiger partial charge >= 0.3 is 0 Å². The highest BCUT2D eigenvalue weighted by Gasteiger charge is 2.08. The molecule has 0 atom stereocenters. The number of hydrogen-bond acceptors (Lipinski definition) is 6. The average molecular weight is 243 g/mol. The number of nitrogens with two attached hydrogens (primary N) is 4. The van der Waals surface area contributed by atoms with E-state index < -0.39 is 0 Å². The summed E-state index contributed by atoms with van der Waals surface area (Å²) in [6.45, 7) is 0. The molecule has 0 aliphatic heterocycles. The van der Waals surface area contributed by atoms with Gasteiger partial charge in [-0.15, -0.1) is 4.91 Å². The van der Waals surface area contributed by atoms with Crippen molar-refractivity contribution >= 4 is 28.4 Å². The largest absolute Gasteiger partial charge is 0.398 e. The lowest BCUT2D eigenvalue weighted by atomic mass is 10.0. The molecule has 0 aliphatic carbocycles. The van der Waals surface area contributed by atoms with E-state index in [1.807, 2.05) is 0 Å². The predicted molar refractivity (Wildman–Crippen MR) is 75.0 cm³/mol. The second kappa shape index (κ2) is 4.25. The van der Waals surface area contributed by atoms with Crippen LogP contribution in [0.1, 0.15) is 0 Å². The Labute approximate surface area is 104 Å².